The maximum Gasteiger partial charge on any atom is 0.269 e. The summed E-state index contributed by atoms with van der Waals surface area (Å²) >= 11 is 6.06. The fourth-order valence-corrected chi connectivity index (χ4v) is 3.21. The third-order valence-corrected chi connectivity index (χ3v) is 4.88. The number of para-hydroxylation sites is 1. The molecule has 0 bridgehead atoms. The van der Waals surface area contributed by atoms with Crippen molar-refractivity contribution in [1.29, 1.82) is 0 Å². The molecule has 0 saturated carbocycles. The molecule has 4 aromatic rings. The SMILES string of the molecule is CN(Cc1cn(-c2ccccc2)nc1-c1ccc(Cl)cc1)c1ccc(C(N)=O)nn1. The minimum absolute atomic E-state index is 0.130. The van der Waals surface area contributed by atoms with E-state index in [1.165, 1.54) is 0 Å². The lowest BCUT2D eigenvalue weighted by atomic mass is 10.1. The normalized spacial score (nSPS) is 10.7. The molecule has 8 heteroatoms. The van der Waals surface area contributed by atoms with Gasteiger partial charge in [-0.25, -0.2) is 4.68 Å². The molecule has 7 nitrogen and oxygen atoms in total. The molecule has 0 saturated heterocycles. The molecule has 30 heavy (non-hydrogen) atoms. The van der Waals surface area contributed by atoms with Crippen LogP contribution in [0.1, 0.15) is 16.1 Å². The van der Waals surface area contributed by atoms with Gasteiger partial charge in [-0.1, -0.05) is 41.9 Å². The summed E-state index contributed by atoms with van der Waals surface area (Å²) in [5.74, 6) is 0.0142. The number of nitrogens with two attached hydrogens (primary N) is 1. The Morgan fingerprint density at radius 3 is 2.40 bits per heavy atom. The van der Waals surface area contributed by atoms with Gasteiger partial charge in [-0.15, -0.1) is 10.2 Å². The quantitative estimate of drug-likeness (QED) is 0.515. The van der Waals surface area contributed by atoms with Crippen LogP contribution in [-0.4, -0.2) is 32.9 Å². The highest BCUT2D eigenvalue weighted by Gasteiger charge is 2.15. The first-order chi connectivity index (χ1) is 14.5. The first-order valence-electron chi connectivity index (χ1n) is 9.26. The number of hydrogen-bond acceptors (Lipinski definition) is 5. The van der Waals surface area contributed by atoms with Crippen LogP contribution in [0.15, 0.2) is 72.9 Å². The number of primary amides is 1. The summed E-state index contributed by atoms with van der Waals surface area (Å²) in [5.41, 5.74) is 9.16. The van der Waals surface area contributed by atoms with Gasteiger partial charge >= 0.3 is 0 Å². The van der Waals surface area contributed by atoms with Crippen molar-refractivity contribution in [2.75, 3.05) is 11.9 Å². The van der Waals surface area contributed by atoms with E-state index in [-0.39, 0.29) is 5.69 Å². The molecule has 0 aliphatic carbocycles. The van der Waals surface area contributed by atoms with Crippen LogP contribution in [-0.2, 0) is 6.54 Å². The molecule has 2 aromatic carbocycles. The average Bonchev–Trinajstić information content (AvgIpc) is 3.18. The minimum atomic E-state index is -0.606. The van der Waals surface area contributed by atoms with Gasteiger partial charge in [-0.3, -0.25) is 4.79 Å². The van der Waals surface area contributed by atoms with E-state index in [0.29, 0.717) is 17.4 Å². The summed E-state index contributed by atoms with van der Waals surface area (Å²) in [6.07, 6.45) is 2.00. The van der Waals surface area contributed by atoms with Gasteiger partial charge in [0.05, 0.1) is 11.4 Å². The van der Waals surface area contributed by atoms with E-state index in [1.807, 2.05) is 77.4 Å². The Balaban J connectivity index is 1.69. The summed E-state index contributed by atoms with van der Waals surface area (Å²) < 4.78 is 1.86. The monoisotopic (exact) mass is 418 g/mol. The van der Waals surface area contributed by atoms with Crippen LogP contribution in [0.2, 0.25) is 5.02 Å². The Labute approximate surface area is 178 Å². The molecule has 150 valence electrons. The number of halogens is 1. The molecule has 4 rings (SSSR count). The number of carbonyl (C=O) groups is 1. The second-order valence-corrected chi connectivity index (χ2v) is 7.22. The number of rotatable bonds is 6. The highest BCUT2D eigenvalue weighted by Crippen LogP contribution is 2.27. The van der Waals surface area contributed by atoms with E-state index >= 15 is 0 Å². The molecule has 0 radical (unpaired) electrons. The molecular formula is C22H19ClN6O. The summed E-state index contributed by atoms with van der Waals surface area (Å²) in [6, 6.07) is 20.8. The second-order valence-electron chi connectivity index (χ2n) is 6.79. The smallest absolute Gasteiger partial charge is 0.269 e. The molecule has 0 fully saturated rings. The molecular weight excluding hydrogens is 400 g/mol. The van der Waals surface area contributed by atoms with E-state index in [9.17, 15) is 4.79 Å². The number of amides is 1. The lowest BCUT2D eigenvalue weighted by Gasteiger charge is -2.17. The number of carbonyl (C=O) groups excluding carboxylic acids is 1. The van der Waals surface area contributed by atoms with Crippen molar-refractivity contribution in [3.8, 4) is 16.9 Å². The zero-order valence-electron chi connectivity index (χ0n) is 16.2. The van der Waals surface area contributed by atoms with Gasteiger partial charge in [-0.2, -0.15) is 5.10 Å². The molecule has 1 amide bonds. The van der Waals surface area contributed by atoms with Gasteiger partial charge in [-0.05, 0) is 36.4 Å². The van der Waals surface area contributed by atoms with Crippen molar-refractivity contribution in [2.45, 2.75) is 6.54 Å². The number of anilines is 1. The van der Waals surface area contributed by atoms with Crippen molar-refractivity contribution in [3.63, 3.8) is 0 Å². The summed E-state index contributed by atoms with van der Waals surface area (Å²) in [5, 5.41) is 13.5. The van der Waals surface area contributed by atoms with Crippen LogP contribution in [0.4, 0.5) is 5.82 Å². The van der Waals surface area contributed by atoms with Crippen LogP contribution in [0.5, 0.6) is 0 Å². The van der Waals surface area contributed by atoms with Gasteiger partial charge < -0.3 is 10.6 Å². The first-order valence-corrected chi connectivity index (χ1v) is 9.63. The van der Waals surface area contributed by atoms with Crippen LogP contribution >= 0.6 is 11.6 Å². The Bertz CT molecular complexity index is 1160. The first kappa shape index (κ1) is 19.6. The highest BCUT2D eigenvalue weighted by molar-refractivity contribution is 6.30. The van der Waals surface area contributed by atoms with E-state index in [4.69, 9.17) is 22.4 Å². The van der Waals surface area contributed by atoms with Crippen molar-refractivity contribution < 1.29 is 4.79 Å². The zero-order valence-corrected chi connectivity index (χ0v) is 17.0. The third-order valence-electron chi connectivity index (χ3n) is 4.63. The zero-order chi connectivity index (χ0) is 21.1. The molecule has 0 aliphatic rings. The molecule has 2 N–H and O–H groups in total. The summed E-state index contributed by atoms with van der Waals surface area (Å²) in [6.45, 7) is 0.537. The number of hydrogen-bond donors (Lipinski definition) is 1. The summed E-state index contributed by atoms with van der Waals surface area (Å²) in [7, 11) is 1.90. The molecule has 0 aliphatic heterocycles. The van der Waals surface area contributed by atoms with Crippen LogP contribution in [0.3, 0.4) is 0 Å². The van der Waals surface area contributed by atoms with Crippen molar-refractivity contribution in [2.24, 2.45) is 5.73 Å². The second kappa shape index (κ2) is 8.34. The van der Waals surface area contributed by atoms with Gasteiger partial charge in [0.1, 0.15) is 0 Å². The molecule has 0 spiro atoms. The third kappa shape index (κ3) is 4.16. The van der Waals surface area contributed by atoms with E-state index in [2.05, 4.69) is 10.2 Å². The Hall–Kier alpha value is -3.71. The van der Waals surface area contributed by atoms with Crippen molar-refractivity contribution in [3.05, 3.63) is 89.2 Å². The maximum absolute atomic E-state index is 11.2. The average molecular weight is 419 g/mol. The highest BCUT2D eigenvalue weighted by atomic mass is 35.5. The van der Waals surface area contributed by atoms with Gasteiger partial charge in [0, 0.05) is 35.9 Å². The van der Waals surface area contributed by atoms with Gasteiger partial charge in [0.25, 0.3) is 5.91 Å². The van der Waals surface area contributed by atoms with Crippen molar-refractivity contribution >= 4 is 23.3 Å². The fourth-order valence-electron chi connectivity index (χ4n) is 3.09. The van der Waals surface area contributed by atoms with Gasteiger partial charge in [0.2, 0.25) is 0 Å². The van der Waals surface area contributed by atoms with E-state index < -0.39 is 5.91 Å². The minimum Gasteiger partial charge on any atom is -0.364 e. The Morgan fingerprint density at radius 1 is 1.03 bits per heavy atom. The lowest BCUT2D eigenvalue weighted by molar-refractivity contribution is 0.0994. The Morgan fingerprint density at radius 2 is 1.77 bits per heavy atom. The summed E-state index contributed by atoms with van der Waals surface area (Å²) in [4.78, 5) is 13.2. The molecule has 2 aromatic heterocycles. The van der Waals surface area contributed by atoms with E-state index in [1.54, 1.807) is 12.1 Å². The van der Waals surface area contributed by atoms with Crippen LogP contribution < -0.4 is 10.6 Å². The van der Waals surface area contributed by atoms with Gasteiger partial charge in [0.15, 0.2) is 11.5 Å². The number of nitrogens with zero attached hydrogens (tertiary/aromatic N) is 5. The fraction of sp³-hybridized carbons (Fsp3) is 0.0909. The molecule has 0 unspecified atom stereocenters. The Kier molecular flexibility index (Phi) is 5.45. The lowest BCUT2D eigenvalue weighted by Crippen LogP contribution is -2.20. The largest absolute Gasteiger partial charge is 0.364 e. The van der Waals surface area contributed by atoms with Crippen molar-refractivity contribution in [1.82, 2.24) is 20.0 Å². The van der Waals surface area contributed by atoms with Crippen LogP contribution in [0.25, 0.3) is 16.9 Å². The predicted molar refractivity (Wildman–Crippen MR) is 117 cm³/mol. The predicted octanol–water partition coefficient (Wildman–Crippen LogP) is 3.72. The molecule has 2 heterocycles. The van der Waals surface area contributed by atoms with Crippen LogP contribution in [0, 0.1) is 0 Å². The number of aromatic nitrogens is 4. The van der Waals surface area contributed by atoms with E-state index in [0.717, 1.165) is 22.5 Å². The molecule has 0 atom stereocenters. The standard InChI is InChI=1S/C22H19ClN6O/c1-28(20-12-11-19(22(24)30)25-26-20)13-16-14-29(18-5-3-2-4-6-18)27-21(16)15-7-9-17(23)10-8-15/h2-12,14H,13H2,1H3,(H2,24,30). The topological polar surface area (TPSA) is 89.9 Å². The number of benzene rings is 2. The maximum atomic E-state index is 11.2.